The zero-order valence-corrected chi connectivity index (χ0v) is 24.7. The zero-order chi connectivity index (χ0) is 32.1. The number of aliphatic carboxylic acids is 1. The number of alkyl halides is 3. The second-order valence-corrected chi connectivity index (χ2v) is 11.8. The standard InChI is InChI=1S/C33H29F4N3O4S/c34-26-18-27-28(17-25(26)33(35,36)37)45-32(39-27)40-31(44)24(22-12-10-21(11-13-22)20-4-2-1-3-5-20)16-19-6-8-23(9-7-19)30(43)38-15-14-29(41)42/h4,6-13,17-18,24H,1-3,5,14-16H2,(H,38,43)(H,41,42)(H,39,40,44). The quantitative estimate of drug-likeness (QED) is 0.155. The third-order valence-corrected chi connectivity index (χ3v) is 8.52. The van der Waals surface area contributed by atoms with Crippen molar-refractivity contribution in [3.63, 3.8) is 0 Å². The number of hydrogen-bond acceptors (Lipinski definition) is 5. The molecule has 4 aromatic rings. The van der Waals surface area contributed by atoms with Crippen LogP contribution in [0.25, 0.3) is 15.8 Å². The molecule has 3 aromatic carbocycles. The fourth-order valence-corrected chi connectivity index (χ4v) is 6.11. The molecule has 1 aliphatic rings. The number of allylic oxidation sites excluding steroid dienone is 2. The maximum atomic E-state index is 14.1. The Morgan fingerprint density at radius 2 is 1.73 bits per heavy atom. The highest BCUT2D eigenvalue weighted by Gasteiger charge is 2.35. The van der Waals surface area contributed by atoms with E-state index in [1.807, 2.05) is 24.3 Å². The minimum atomic E-state index is -4.87. The van der Waals surface area contributed by atoms with E-state index in [0.717, 1.165) is 48.1 Å². The van der Waals surface area contributed by atoms with E-state index in [0.29, 0.717) is 23.3 Å². The van der Waals surface area contributed by atoms with Crippen molar-refractivity contribution in [3.05, 3.63) is 100 Å². The van der Waals surface area contributed by atoms with E-state index < -0.39 is 41.3 Å². The van der Waals surface area contributed by atoms with Crippen LogP contribution in [0.2, 0.25) is 0 Å². The summed E-state index contributed by atoms with van der Waals surface area (Å²) < 4.78 is 53.9. The molecule has 0 saturated heterocycles. The summed E-state index contributed by atoms with van der Waals surface area (Å²) in [7, 11) is 0. The smallest absolute Gasteiger partial charge is 0.419 e. The molecular formula is C33H29F4N3O4S. The summed E-state index contributed by atoms with van der Waals surface area (Å²) in [5.74, 6) is -4.08. The number of carboxylic acid groups (broad SMARTS) is 1. The molecule has 5 rings (SSSR count). The molecule has 1 aromatic heterocycles. The molecule has 0 saturated carbocycles. The van der Waals surface area contributed by atoms with Crippen LogP contribution in [-0.2, 0) is 22.2 Å². The van der Waals surface area contributed by atoms with Gasteiger partial charge < -0.3 is 15.7 Å². The molecule has 45 heavy (non-hydrogen) atoms. The first-order valence-corrected chi connectivity index (χ1v) is 15.2. The Balaban J connectivity index is 1.39. The molecule has 1 unspecified atom stereocenters. The first kappa shape index (κ1) is 31.8. The number of nitrogens with one attached hydrogen (secondary N) is 2. The number of carbonyl (C=O) groups excluding carboxylic acids is 2. The number of carbonyl (C=O) groups is 3. The van der Waals surface area contributed by atoms with Gasteiger partial charge in [0.25, 0.3) is 5.91 Å². The van der Waals surface area contributed by atoms with Crippen LogP contribution in [0.4, 0.5) is 22.7 Å². The zero-order valence-electron chi connectivity index (χ0n) is 23.9. The van der Waals surface area contributed by atoms with Crippen molar-refractivity contribution in [1.29, 1.82) is 0 Å². The molecule has 0 bridgehead atoms. The van der Waals surface area contributed by atoms with Crippen molar-refractivity contribution in [3.8, 4) is 0 Å². The molecule has 7 nitrogen and oxygen atoms in total. The number of carboxylic acids is 1. The van der Waals surface area contributed by atoms with Crippen LogP contribution in [-0.4, -0.2) is 34.4 Å². The summed E-state index contributed by atoms with van der Waals surface area (Å²) >= 11 is 0.820. The first-order chi connectivity index (χ1) is 21.5. The molecule has 3 N–H and O–H groups in total. The summed E-state index contributed by atoms with van der Waals surface area (Å²) in [4.78, 5) is 40.9. The van der Waals surface area contributed by atoms with Crippen LogP contribution in [0.5, 0.6) is 0 Å². The van der Waals surface area contributed by atoms with Crippen LogP contribution >= 0.6 is 11.3 Å². The summed E-state index contributed by atoms with van der Waals surface area (Å²) in [6.07, 6.45) is 1.65. The van der Waals surface area contributed by atoms with Gasteiger partial charge in [0.1, 0.15) is 5.82 Å². The number of anilines is 1. The number of hydrogen-bond donors (Lipinski definition) is 3. The highest BCUT2D eigenvalue weighted by atomic mass is 32.1. The fraction of sp³-hybridized carbons (Fsp3) is 0.273. The van der Waals surface area contributed by atoms with Gasteiger partial charge in [-0.1, -0.05) is 53.8 Å². The van der Waals surface area contributed by atoms with E-state index in [1.165, 1.54) is 5.57 Å². The number of fused-ring (bicyclic) bond motifs is 1. The lowest BCUT2D eigenvalue weighted by Crippen LogP contribution is -2.26. The van der Waals surface area contributed by atoms with Gasteiger partial charge in [0.15, 0.2) is 5.13 Å². The highest BCUT2D eigenvalue weighted by Crippen LogP contribution is 2.37. The summed E-state index contributed by atoms with van der Waals surface area (Å²) in [5, 5.41) is 14.1. The first-order valence-electron chi connectivity index (χ1n) is 14.3. The lowest BCUT2D eigenvalue weighted by Gasteiger charge is -2.18. The molecule has 1 heterocycles. The van der Waals surface area contributed by atoms with Crippen molar-refractivity contribution in [2.75, 3.05) is 11.9 Å². The Morgan fingerprint density at radius 3 is 2.38 bits per heavy atom. The maximum Gasteiger partial charge on any atom is 0.419 e. The lowest BCUT2D eigenvalue weighted by molar-refractivity contribution is -0.140. The van der Waals surface area contributed by atoms with Crippen LogP contribution in [0.3, 0.4) is 0 Å². The van der Waals surface area contributed by atoms with Gasteiger partial charge in [0, 0.05) is 18.2 Å². The van der Waals surface area contributed by atoms with Gasteiger partial charge in [-0.2, -0.15) is 13.2 Å². The van der Waals surface area contributed by atoms with Gasteiger partial charge in [-0.05, 0) is 72.6 Å². The molecule has 0 radical (unpaired) electrons. The molecule has 1 aliphatic carbocycles. The van der Waals surface area contributed by atoms with Gasteiger partial charge in [0.2, 0.25) is 5.91 Å². The largest absolute Gasteiger partial charge is 0.481 e. The van der Waals surface area contributed by atoms with E-state index in [-0.39, 0.29) is 34.7 Å². The maximum absolute atomic E-state index is 14.1. The number of thiazole rings is 1. The average molecular weight is 640 g/mol. The van der Waals surface area contributed by atoms with E-state index in [9.17, 15) is 31.9 Å². The van der Waals surface area contributed by atoms with Gasteiger partial charge in [-0.15, -0.1) is 0 Å². The minimum absolute atomic E-state index is 0.000297. The van der Waals surface area contributed by atoms with Crippen molar-refractivity contribution >= 4 is 50.0 Å². The minimum Gasteiger partial charge on any atom is -0.481 e. The van der Waals surface area contributed by atoms with E-state index in [2.05, 4.69) is 21.7 Å². The molecule has 0 aliphatic heterocycles. The van der Waals surface area contributed by atoms with Gasteiger partial charge in [0.05, 0.1) is 28.1 Å². The number of nitrogens with zero attached hydrogens (tertiary/aromatic N) is 1. The summed E-state index contributed by atoms with van der Waals surface area (Å²) in [5.41, 5.74) is 2.69. The van der Waals surface area contributed by atoms with Crippen molar-refractivity contribution < 1.29 is 37.1 Å². The Labute approximate surface area is 260 Å². The second-order valence-electron chi connectivity index (χ2n) is 10.8. The van der Waals surface area contributed by atoms with Gasteiger partial charge >= 0.3 is 12.1 Å². The van der Waals surface area contributed by atoms with E-state index in [4.69, 9.17) is 5.11 Å². The number of amides is 2. The predicted octanol–water partition coefficient (Wildman–Crippen LogP) is 7.58. The monoisotopic (exact) mass is 639 g/mol. The Kier molecular flexibility index (Phi) is 9.62. The fourth-order valence-electron chi connectivity index (χ4n) is 5.22. The summed E-state index contributed by atoms with van der Waals surface area (Å²) in [6.45, 7) is -0.0129. The Morgan fingerprint density at radius 1 is 1.00 bits per heavy atom. The topological polar surface area (TPSA) is 108 Å². The Bertz CT molecular complexity index is 1750. The second kappa shape index (κ2) is 13.6. The number of aromatic nitrogens is 1. The van der Waals surface area contributed by atoms with Gasteiger partial charge in [-0.25, -0.2) is 9.37 Å². The number of rotatable bonds is 10. The van der Waals surface area contributed by atoms with Crippen LogP contribution in [0, 0.1) is 5.82 Å². The lowest BCUT2D eigenvalue weighted by atomic mass is 9.88. The molecule has 0 spiro atoms. The Hall–Kier alpha value is -4.58. The number of halogens is 4. The molecule has 234 valence electrons. The van der Waals surface area contributed by atoms with Crippen molar-refractivity contribution in [2.24, 2.45) is 0 Å². The molecular weight excluding hydrogens is 610 g/mol. The summed E-state index contributed by atoms with van der Waals surface area (Å²) in [6, 6.07) is 15.7. The molecule has 12 heteroatoms. The van der Waals surface area contributed by atoms with Crippen LogP contribution in [0.15, 0.2) is 66.7 Å². The predicted molar refractivity (Wildman–Crippen MR) is 164 cm³/mol. The normalized spacial score (nSPS) is 14.1. The van der Waals surface area contributed by atoms with E-state index >= 15 is 0 Å². The third kappa shape index (κ3) is 7.93. The highest BCUT2D eigenvalue weighted by molar-refractivity contribution is 7.22. The van der Waals surface area contributed by atoms with Crippen molar-refractivity contribution in [1.82, 2.24) is 10.3 Å². The molecule has 2 amide bonds. The van der Waals surface area contributed by atoms with Crippen LogP contribution < -0.4 is 10.6 Å². The molecule has 1 atom stereocenters. The van der Waals surface area contributed by atoms with Crippen LogP contribution in [0.1, 0.15) is 70.6 Å². The number of benzene rings is 3. The molecule has 0 fully saturated rings. The third-order valence-electron chi connectivity index (χ3n) is 7.58. The van der Waals surface area contributed by atoms with E-state index in [1.54, 1.807) is 24.3 Å². The van der Waals surface area contributed by atoms with Crippen molar-refractivity contribution in [2.45, 2.75) is 50.6 Å². The average Bonchev–Trinajstić information content (AvgIpc) is 3.40. The van der Waals surface area contributed by atoms with Gasteiger partial charge in [-0.3, -0.25) is 14.4 Å². The SMILES string of the molecule is O=C(O)CCNC(=O)c1ccc(CC(C(=O)Nc2nc3cc(F)c(C(F)(F)F)cc3s2)c2ccc(C3=CCCCC3)cc2)cc1.